The lowest BCUT2D eigenvalue weighted by atomic mass is 9.93. The van der Waals surface area contributed by atoms with Crippen LogP contribution in [-0.4, -0.2) is 49.8 Å². The van der Waals surface area contributed by atoms with Gasteiger partial charge in [0.2, 0.25) is 0 Å². The predicted octanol–water partition coefficient (Wildman–Crippen LogP) is 5.18. The topological polar surface area (TPSA) is 105 Å². The number of ether oxygens (including phenoxy) is 1. The van der Waals surface area contributed by atoms with E-state index in [1.54, 1.807) is 12.1 Å². The summed E-state index contributed by atoms with van der Waals surface area (Å²) in [4.78, 5) is 11.5. The molecular formula is C26H35FN2O5S. The molecule has 0 bridgehead atoms. The van der Waals surface area contributed by atoms with Gasteiger partial charge >= 0.3 is 5.97 Å². The van der Waals surface area contributed by atoms with Crippen LogP contribution in [0.4, 0.5) is 21.5 Å². The van der Waals surface area contributed by atoms with E-state index in [1.807, 2.05) is 39.0 Å². The van der Waals surface area contributed by atoms with Gasteiger partial charge in [0.15, 0.2) is 0 Å². The van der Waals surface area contributed by atoms with E-state index in [9.17, 15) is 22.7 Å². The first-order valence-corrected chi connectivity index (χ1v) is 13.8. The molecule has 1 aliphatic heterocycles. The van der Waals surface area contributed by atoms with Crippen LogP contribution < -0.4 is 10.6 Å². The van der Waals surface area contributed by atoms with Crippen LogP contribution >= 0.6 is 0 Å². The maximum absolute atomic E-state index is 13.4. The summed E-state index contributed by atoms with van der Waals surface area (Å²) in [5, 5.41) is 16.3. The van der Waals surface area contributed by atoms with Gasteiger partial charge in [0.25, 0.3) is 0 Å². The maximum Gasteiger partial charge on any atom is 0.304 e. The number of hydrogen-bond donors (Lipinski definition) is 3. The minimum atomic E-state index is -2.94. The van der Waals surface area contributed by atoms with E-state index >= 15 is 0 Å². The zero-order valence-corrected chi connectivity index (χ0v) is 21.3. The third kappa shape index (κ3) is 8.21. The Hall–Kier alpha value is -2.65. The molecule has 7 nitrogen and oxygen atoms in total. The van der Waals surface area contributed by atoms with Crippen LogP contribution in [0.15, 0.2) is 42.5 Å². The molecule has 35 heavy (non-hydrogen) atoms. The van der Waals surface area contributed by atoms with Crippen molar-refractivity contribution < 1.29 is 27.4 Å². The van der Waals surface area contributed by atoms with E-state index < -0.39 is 15.8 Å². The Morgan fingerprint density at radius 2 is 1.74 bits per heavy atom. The first-order valence-electron chi connectivity index (χ1n) is 12.0. The van der Waals surface area contributed by atoms with Crippen LogP contribution in [0.1, 0.15) is 51.5 Å². The highest BCUT2D eigenvalue weighted by molar-refractivity contribution is 7.91. The van der Waals surface area contributed by atoms with Crippen LogP contribution in [0.5, 0.6) is 0 Å². The molecule has 0 aliphatic carbocycles. The summed E-state index contributed by atoms with van der Waals surface area (Å²) in [5.74, 6) is -0.949. The highest BCUT2D eigenvalue weighted by Gasteiger charge is 2.28. The molecule has 0 spiro atoms. The summed E-state index contributed by atoms with van der Waals surface area (Å²) >= 11 is 0. The molecule has 9 heteroatoms. The molecule has 0 radical (unpaired) electrons. The summed E-state index contributed by atoms with van der Waals surface area (Å²) in [5.41, 5.74) is 3.04. The van der Waals surface area contributed by atoms with Gasteiger partial charge in [0, 0.05) is 17.6 Å². The van der Waals surface area contributed by atoms with Gasteiger partial charge < -0.3 is 20.5 Å². The van der Waals surface area contributed by atoms with Crippen molar-refractivity contribution >= 4 is 32.9 Å². The van der Waals surface area contributed by atoms with Crippen molar-refractivity contribution in [3.63, 3.8) is 0 Å². The second-order valence-electron chi connectivity index (χ2n) is 9.54. The van der Waals surface area contributed by atoms with E-state index in [2.05, 4.69) is 10.6 Å². The van der Waals surface area contributed by atoms with Crippen molar-refractivity contribution in [1.82, 2.24) is 0 Å². The van der Waals surface area contributed by atoms with Gasteiger partial charge in [-0.3, -0.25) is 4.79 Å². The Labute approximate surface area is 207 Å². The third-order valence-electron chi connectivity index (χ3n) is 6.38. The Morgan fingerprint density at radius 3 is 2.34 bits per heavy atom. The highest BCUT2D eigenvalue weighted by Crippen LogP contribution is 2.33. The first kappa shape index (κ1) is 26.9. The standard InChI is InChI=1S/C26H35FN2O5S/c1-17(2)34-16-21(15-26(30)31)20-4-9-24(25(14-20)29-23-7-5-22(27)6-8-23)28-18(3)19-10-12-35(32,33)13-11-19/h4-9,14,17-19,21,28-29H,10-13,15-16H2,1-3H3,(H,30,31). The summed E-state index contributed by atoms with van der Waals surface area (Å²) in [7, 11) is -2.94. The van der Waals surface area contributed by atoms with Crippen molar-refractivity contribution in [3.05, 3.63) is 53.8 Å². The zero-order valence-electron chi connectivity index (χ0n) is 20.5. The zero-order chi connectivity index (χ0) is 25.6. The second-order valence-corrected chi connectivity index (χ2v) is 11.8. The summed E-state index contributed by atoms with van der Waals surface area (Å²) in [6.07, 6.45) is 1.14. The quantitative estimate of drug-likeness (QED) is 0.386. The number of anilines is 3. The minimum Gasteiger partial charge on any atom is -0.481 e. The third-order valence-corrected chi connectivity index (χ3v) is 8.10. The monoisotopic (exact) mass is 506 g/mol. The maximum atomic E-state index is 13.4. The fourth-order valence-electron chi connectivity index (χ4n) is 4.30. The van der Waals surface area contributed by atoms with E-state index in [-0.39, 0.29) is 54.3 Å². The highest BCUT2D eigenvalue weighted by atomic mass is 32.2. The molecule has 0 aromatic heterocycles. The molecule has 192 valence electrons. The number of aliphatic carboxylic acids is 1. The normalized spacial score (nSPS) is 17.6. The summed E-state index contributed by atoms with van der Waals surface area (Å²) in [6.45, 7) is 6.14. The number of benzene rings is 2. The van der Waals surface area contributed by atoms with Gasteiger partial charge in [-0.15, -0.1) is 0 Å². The lowest BCUT2D eigenvalue weighted by molar-refractivity contribution is -0.138. The fourth-order valence-corrected chi connectivity index (χ4v) is 5.83. The smallest absolute Gasteiger partial charge is 0.304 e. The molecule has 2 atom stereocenters. The molecule has 1 aliphatic rings. The van der Waals surface area contributed by atoms with E-state index in [1.165, 1.54) is 12.1 Å². The molecule has 2 unspecified atom stereocenters. The predicted molar refractivity (Wildman–Crippen MR) is 137 cm³/mol. The molecule has 1 heterocycles. The minimum absolute atomic E-state index is 0.0239. The van der Waals surface area contributed by atoms with Crippen molar-refractivity contribution in [1.29, 1.82) is 0 Å². The molecule has 0 saturated carbocycles. The molecule has 0 amide bonds. The van der Waals surface area contributed by atoms with Crippen molar-refractivity contribution in [3.8, 4) is 0 Å². The van der Waals surface area contributed by atoms with Crippen LogP contribution in [0.25, 0.3) is 0 Å². The van der Waals surface area contributed by atoms with Crippen LogP contribution in [-0.2, 0) is 19.4 Å². The van der Waals surface area contributed by atoms with Gasteiger partial charge in [-0.2, -0.15) is 0 Å². The molecular weight excluding hydrogens is 471 g/mol. The Bertz CT molecular complexity index is 1090. The van der Waals surface area contributed by atoms with Gasteiger partial charge in [-0.1, -0.05) is 6.07 Å². The molecule has 2 aromatic carbocycles. The Morgan fingerprint density at radius 1 is 1.09 bits per heavy atom. The average molecular weight is 507 g/mol. The van der Waals surface area contributed by atoms with Crippen molar-refractivity contribution in [2.24, 2.45) is 5.92 Å². The fraction of sp³-hybridized carbons (Fsp3) is 0.500. The number of carbonyl (C=O) groups is 1. The number of nitrogens with one attached hydrogen (secondary N) is 2. The Balaban J connectivity index is 1.88. The van der Waals surface area contributed by atoms with Crippen LogP contribution in [0.3, 0.4) is 0 Å². The number of carboxylic acid groups (broad SMARTS) is 1. The lowest BCUT2D eigenvalue weighted by Crippen LogP contribution is -2.33. The largest absolute Gasteiger partial charge is 0.481 e. The SMILES string of the molecule is CC(C)OCC(CC(=O)O)c1ccc(NC(C)C2CCS(=O)(=O)CC2)c(Nc2ccc(F)cc2)c1. The number of halogens is 1. The van der Waals surface area contributed by atoms with Gasteiger partial charge in [0.1, 0.15) is 15.7 Å². The lowest BCUT2D eigenvalue weighted by Gasteiger charge is -2.30. The van der Waals surface area contributed by atoms with Crippen molar-refractivity contribution in [2.75, 3.05) is 28.7 Å². The molecule has 1 saturated heterocycles. The van der Waals surface area contributed by atoms with Crippen LogP contribution in [0, 0.1) is 11.7 Å². The van der Waals surface area contributed by atoms with Crippen LogP contribution in [0.2, 0.25) is 0 Å². The molecule has 1 fully saturated rings. The molecule has 2 aromatic rings. The number of sulfone groups is 1. The molecule has 3 rings (SSSR count). The van der Waals surface area contributed by atoms with E-state index in [4.69, 9.17) is 4.74 Å². The average Bonchev–Trinajstić information content (AvgIpc) is 2.79. The van der Waals surface area contributed by atoms with Gasteiger partial charge in [-0.25, -0.2) is 12.8 Å². The molecule has 3 N–H and O–H groups in total. The number of rotatable bonds is 11. The Kier molecular flexibility index (Phi) is 9.13. The summed E-state index contributed by atoms with van der Waals surface area (Å²) < 4.78 is 42.8. The van der Waals surface area contributed by atoms with Gasteiger partial charge in [0.05, 0.1) is 42.0 Å². The van der Waals surface area contributed by atoms with E-state index in [0.717, 1.165) is 16.9 Å². The first-order chi connectivity index (χ1) is 16.5. The number of hydrogen-bond acceptors (Lipinski definition) is 6. The van der Waals surface area contributed by atoms with Gasteiger partial charge in [-0.05, 0) is 81.5 Å². The van der Waals surface area contributed by atoms with E-state index in [0.29, 0.717) is 18.5 Å². The van der Waals surface area contributed by atoms with Crippen molar-refractivity contribution in [2.45, 2.75) is 58.1 Å². The second kappa shape index (κ2) is 11.9. The number of carboxylic acids is 1. The summed E-state index contributed by atoms with van der Waals surface area (Å²) in [6, 6.07) is 11.7.